The van der Waals surface area contributed by atoms with Crippen LogP contribution in [0.3, 0.4) is 0 Å². The molecule has 1 aliphatic heterocycles. The van der Waals surface area contributed by atoms with Gasteiger partial charge in [0.1, 0.15) is 0 Å². The van der Waals surface area contributed by atoms with Crippen molar-refractivity contribution in [2.45, 2.75) is 26.3 Å². The van der Waals surface area contributed by atoms with Crippen molar-refractivity contribution < 1.29 is 0 Å². The molecule has 0 aliphatic carbocycles. The van der Waals surface area contributed by atoms with E-state index >= 15 is 0 Å². The minimum absolute atomic E-state index is 0.396. The van der Waals surface area contributed by atoms with Gasteiger partial charge in [0, 0.05) is 25.7 Å². The average molecular weight is 199 g/mol. The molecule has 1 heterocycles. The van der Waals surface area contributed by atoms with E-state index in [0.29, 0.717) is 11.5 Å². The Morgan fingerprint density at radius 1 is 1.29 bits per heavy atom. The van der Waals surface area contributed by atoms with E-state index in [0.717, 1.165) is 19.5 Å². The van der Waals surface area contributed by atoms with Crippen molar-refractivity contribution in [1.82, 2.24) is 9.80 Å². The third kappa shape index (κ3) is 3.23. The van der Waals surface area contributed by atoms with Crippen LogP contribution in [0.25, 0.3) is 0 Å². The van der Waals surface area contributed by atoms with Crippen LogP contribution in [0.2, 0.25) is 0 Å². The van der Waals surface area contributed by atoms with Crippen molar-refractivity contribution >= 4 is 0 Å². The van der Waals surface area contributed by atoms with Gasteiger partial charge in [-0.05, 0) is 32.5 Å². The van der Waals surface area contributed by atoms with Gasteiger partial charge in [-0.2, -0.15) is 0 Å². The van der Waals surface area contributed by atoms with Gasteiger partial charge in [0.2, 0.25) is 0 Å². The molecule has 14 heavy (non-hydrogen) atoms. The number of rotatable bonds is 2. The lowest BCUT2D eigenvalue weighted by atomic mass is 9.93. The number of nitrogens with two attached hydrogens (primary N) is 1. The first-order chi connectivity index (χ1) is 6.44. The fourth-order valence-electron chi connectivity index (χ4n) is 2.65. The van der Waals surface area contributed by atoms with Crippen molar-refractivity contribution in [1.29, 1.82) is 0 Å². The van der Waals surface area contributed by atoms with Gasteiger partial charge < -0.3 is 15.5 Å². The summed E-state index contributed by atoms with van der Waals surface area (Å²) in [5.41, 5.74) is 6.04. The Morgan fingerprint density at radius 2 is 1.93 bits per heavy atom. The van der Waals surface area contributed by atoms with Crippen molar-refractivity contribution in [2.24, 2.45) is 11.1 Å². The minimum atomic E-state index is 0.396. The highest BCUT2D eigenvalue weighted by Gasteiger charge is 2.30. The van der Waals surface area contributed by atoms with Gasteiger partial charge >= 0.3 is 0 Å². The van der Waals surface area contributed by atoms with Crippen molar-refractivity contribution in [2.75, 3.05) is 40.3 Å². The maximum Gasteiger partial charge on any atom is 0.0232 e. The summed E-state index contributed by atoms with van der Waals surface area (Å²) in [5, 5.41) is 0. The third-order valence-corrected chi connectivity index (χ3v) is 3.02. The lowest BCUT2D eigenvalue weighted by Crippen LogP contribution is -2.39. The standard InChI is InChI=1S/C11H25N3/c1-11(2)8-13(3)7-10(5-6-12)14(4)9-11/h10H,5-9,12H2,1-4H3. The molecule has 1 fully saturated rings. The molecule has 3 heteroatoms. The maximum absolute atomic E-state index is 5.64. The van der Waals surface area contributed by atoms with E-state index < -0.39 is 0 Å². The predicted molar refractivity (Wildman–Crippen MR) is 61.4 cm³/mol. The van der Waals surface area contributed by atoms with Crippen LogP contribution in [-0.4, -0.2) is 56.1 Å². The highest BCUT2D eigenvalue weighted by Crippen LogP contribution is 2.23. The molecule has 1 aliphatic rings. The quantitative estimate of drug-likeness (QED) is 0.707. The molecular weight excluding hydrogens is 174 g/mol. The summed E-state index contributed by atoms with van der Waals surface area (Å²) in [6.45, 7) is 8.97. The Balaban J connectivity index is 2.64. The molecule has 84 valence electrons. The summed E-state index contributed by atoms with van der Waals surface area (Å²) in [6, 6.07) is 0.631. The highest BCUT2D eigenvalue weighted by atomic mass is 15.2. The second kappa shape index (κ2) is 4.60. The zero-order chi connectivity index (χ0) is 10.8. The van der Waals surface area contributed by atoms with Crippen LogP contribution in [0, 0.1) is 5.41 Å². The molecule has 2 N–H and O–H groups in total. The molecular formula is C11H25N3. The largest absolute Gasteiger partial charge is 0.330 e. The third-order valence-electron chi connectivity index (χ3n) is 3.02. The smallest absolute Gasteiger partial charge is 0.0232 e. The van der Waals surface area contributed by atoms with Gasteiger partial charge in [-0.25, -0.2) is 0 Å². The van der Waals surface area contributed by atoms with E-state index in [9.17, 15) is 0 Å². The Labute approximate surface area is 88.2 Å². The van der Waals surface area contributed by atoms with Crippen LogP contribution in [0.1, 0.15) is 20.3 Å². The second-order valence-corrected chi connectivity index (χ2v) is 5.51. The topological polar surface area (TPSA) is 32.5 Å². The molecule has 3 nitrogen and oxygen atoms in total. The van der Waals surface area contributed by atoms with E-state index in [-0.39, 0.29) is 0 Å². The van der Waals surface area contributed by atoms with Gasteiger partial charge in [0.25, 0.3) is 0 Å². The van der Waals surface area contributed by atoms with E-state index in [2.05, 4.69) is 37.7 Å². The van der Waals surface area contributed by atoms with Crippen LogP contribution in [0.15, 0.2) is 0 Å². The molecule has 0 aromatic rings. The highest BCUT2D eigenvalue weighted by molar-refractivity contribution is 4.85. The molecule has 0 aromatic carbocycles. The molecule has 0 radical (unpaired) electrons. The Morgan fingerprint density at radius 3 is 2.50 bits per heavy atom. The number of hydrogen-bond donors (Lipinski definition) is 1. The van der Waals surface area contributed by atoms with Crippen LogP contribution in [-0.2, 0) is 0 Å². The monoisotopic (exact) mass is 199 g/mol. The van der Waals surface area contributed by atoms with Crippen molar-refractivity contribution in [3.8, 4) is 0 Å². The molecule has 0 saturated carbocycles. The molecule has 0 amide bonds. The van der Waals surface area contributed by atoms with Gasteiger partial charge in [-0.15, -0.1) is 0 Å². The summed E-state index contributed by atoms with van der Waals surface area (Å²) in [4.78, 5) is 4.90. The Kier molecular flexibility index (Phi) is 3.93. The Hall–Kier alpha value is -0.120. The molecule has 0 spiro atoms. The normalized spacial score (nSPS) is 30.2. The number of hydrogen-bond acceptors (Lipinski definition) is 3. The van der Waals surface area contributed by atoms with E-state index in [4.69, 9.17) is 5.73 Å². The number of likely N-dealkylation sites (N-methyl/N-ethyl adjacent to an activating group) is 2. The first-order valence-electron chi connectivity index (χ1n) is 5.53. The molecule has 0 bridgehead atoms. The van der Waals surface area contributed by atoms with Crippen LogP contribution >= 0.6 is 0 Å². The number of nitrogens with zero attached hydrogens (tertiary/aromatic N) is 2. The second-order valence-electron chi connectivity index (χ2n) is 5.51. The van der Waals surface area contributed by atoms with E-state index in [1.54, 1.807) is 0 Å². The summed E-state index contributed by atoms with van der Waals surface area (Å²) in [5.74, 6) is 0. The summed E-state index contributed by atoms with van der Waals surface area (Å²) >= 11 is 0. The van der Waals surface area contributed by atoms with Crippen LogP contribution < -0.4 is 5.73 Å². The van der Waals surface area contributed by atoms with Crippen molar-refractivity contribution in [3.63, 3.8) is 0 Å². The van der Waals surface area contributed by atoms with Gasteiger partial charge in [0.15, 0.2) is 0 Å². The zero-order valence-corrected chi connectivity index (χ0v) is 10.1. The van der Waals surface area contributed by atoms with Gasteiger partial charge in [0.05, 0.1) is 0 Å². The summed E-state index contributed by atoms with van der Waals surface area (Å²) in [6.07, 6.45) is 1.11. The molecule has 1 atom stereocenters. The first-order valence-corrected chi connectivity index (χ1v) is 5.53. The summed E-state index contributed by atoms with van der Waals surface area (Å²) in [7, 11) is 4.44. The fraction of sp³-hybridized carbons (Fsp3) is 1.00. The van der Waals surface area contributed by atoms with E-state index in [1.807, 2.05) is 0 Å². The zero-order valence-electron chi connectivity index (χ0n) is 10.1. The summed E-state index contributed by atoms with van der Waals surface area (Å²) < 4.78 is 0. The lowest BCUT2D eigenvalue weighted by molar-refractivity contribution is 0.188. The van der Waals surface area contributed by atoms with E-state index in [1.165, 1.54) is 13.1 Å². The van der Waals surface area contributed by atoms with Crippen LogP contribution in [0.4, 0.5) is 0 Å². The average Bonchev–Trinajstić information content (AvgIpc) is 2.08. The van der Waals surface area contributed by atoms with Crippen LogP contribution in [0.5, 0.6) is 0 Å². The van der Waals surface area contributed by atoms with Gasteiger partial charge in [-0.1, -0.05) is 13.8 Å². The molecule has 0 aromatic heterocycles. The minimum Gasteiger partial charge on any atom is -0.330 e. The Bertz CT molecular complexity index is 179. The van der Waals surface area contributed by atoms with Crippen molar-refractivity contribution in [3.05, 3.63) is 0 Å². The SMILES string of the molecule is CN1CC(CCN)N(C)CC(C)(C)C1. The molecule has 1 rings (SSSR count). The lowest BCUT2D eigenvalue weighted by Gasteiger charge is -2.30. The fourth-order valence-corrected chi connectivity index (χ4v) is 2.65. The maximum atomic E-state index is 5.64. The first kappa shape index (κ1) is 12.0. The molecule has 1 unspecified atom stereocenters. The van der Waals surface area contributed by atoms with Gasteiger partial charge in [-0.3, -0.25) is 0 Å². The molecule has 1 saturated heterocycles. The predicted octanol–water partition coefficient (Wildman–Crippen LogP) is 0.607.